The number of nitrogens with zero attached hydrogens (tertiary/aromatic N) is 4. The van der Waals surface area contributed by atoms with Gasteiger partial charge in [0.1, 0.15) is 16.5 Å². The van der Waals surface area contributed by atoms with E-state index >= 15 is 0 Å². The van der Waals surface area contributed by atoms with Crippen LogP contribution in [0.25, 0.3) is 10.9 Å². The normalized spacial score (nSPS) is 20.6. The van der Waals surface area contributed by atoms with Gasteiger partial charge in [-0.15, -0.1) is 0 Å². The Balaban J connectivity index is 1.44. The number of rotatable bonds is 6. The molecule has 0 atom stereocenters. The topological polar surface area (TPSA) is 73.0 Å². The molecule has 224 valence electrons. The summed E-state index contributed by atoms with van der Waals surface area (Å²) >= 11 is 0. The van der Waals surface area contributed by atoms with Crippen LogP contribution in [0.2, 0.25) is 0 Å². The predicted molar refractivity (Wildman–Crippen MR) is 176 cm³/mol. The number of fused-ring (bicyclic) bond motifs is 1. The lowest BCUT2D eigenvalue weighted by molar-refractivity contribution is 0.00578. The Morgan fingerprint density at radius 3 is 1.71 bits per heavy atom. The molecule has 3 heterocycles. The maximum absolute atomic E-state index is 10.5. The van der Waals surface area contributed by atoms with Crippen LogP contribution in [-0.2, 0) is 20.3 Å². The molecule has 3 fully saturated rings. The van der Waals surface area contributed by atoms with Gasteiger partial charge in [0.2, 0.25) is 0 Å². The number of hydrogen-bond donors (Lipinski definition) is 0. The first-order chi connectivity index (χ1) is 21.6. The second kappa shape index (κ2) is 9.63. The van der Waals surface area contributed by atoms with Gasteiger partial charge in [-0.1, -0.05) is 91.0 Å². The number of aromatic nitrogens is 3. The third-order valence-electron chi connectivity index (χ3n) is 11.0. The lowest BCUT2D eigenvalue weighted by atomic mass is 9.58. The highest BCUT2D eigenvalue weighted by molar-refractivity contribution is 6.64. The smallest absolute Gasteiger partial charge is 0.398 e. The van der Waals surface area contributed by atoms with E-state index in [0.717, 1.165) is 46.1 Å². The third-order valence-corrected chi connectivity index (χ3v) is 11.0. The van der Waals surface area contributed by atoms with Crippen molar-refractivity contribution in [2.24, 2.45) is 5.41 Å². The van der Waals surface area contributed by atoms with Crippen LogP contribution in [-0.4, -0.2) is 33.1 Å². The molecule has 45 heavy (non-hydrogen) atoms. The van der Waals surface area contributed by atoms with E-state index in [0.29, 0.717) is 11.0 Å². The summed E-state index contributed by atoms with van der Waals surface area (Å²) in [6.45, 7) is 8.26. The van der Waals surface area contributed by atoms with Crippen molar-refractivity contribution >= 4 is 23.6 Å². The highest BCUT2D eigenvalue weighted by Gasteiger charge is 2.63. The molecule has 0 radical (unpaired) electrons. The SMILES string of the molecule is CC1(C)OB(c2nn(C(c3ccccc3)(c3ccccc3)c3ccccc3)c3cnc(C4(C#N)CC5(CC5)C4)cc23)OC1(C)C. The third kappa shape index (κ3) is 4.09. The van der Waals surface area contributed by atoms with Crippen molar-refractivity contribution in [1.82, 2.24) is 14.8 Å². The van der Waals surface area contributed by atoms with E-state index in [1.54, 1.807) is 0 Å². The molecule has 7 heteroatoms. The maximum atomic E-state index is 10.5. The van der Waals surface area contributed by atoms with Crippen molar-refractivity contribution in [3.63, 3.8) is 0 Å². The Hall–Kier alpha value is -4.25. The lowest BCUT2D eigenvalue weighted by Gasteiger charge is -2.43. The van der Waals surface area contributed by atoms with Crippen LogP contribution in [0.15, 0.2) is 103 Å². The number of nitriles is 1. The van der Waals surface area contributed by atoms with Crippen LogP contribution in [0.1, 0.15) is 75.8 Å². The molecular formula is C38H37BN4O2. The summed E-state index contributed by atoms with van der Waals surface area (Å²) in [5.74, 6) is 0. The average molecular weight is 593 g/mol. The quantitative estimate of drug-likeness (QED) is 0.158. The Morgan fingerprint density at radius 1 is 0.778 bits per heavy atom. The van der Waals surface area contributed by atoms with Crippen molar-refractivity contribution in [3.05, 3.63) is 126 Å². The second-order valence-electron chi connectivity index (χ2n) is 14.3. The van der Waals surface area contributed by atoms with Crippen molar-refractivity contribution in [2.75, 3.05) is 0 Å². The molecule has 3 aliphatic rings. The van der Waals surface area contributed by atoms with Gasteiger partial charge in [0.15, 0.2) is 0 Å². The monoisotopic (exact) mass is 592 g/mol. The zero-order valence-corrected chi connectivity index (χ0v) is 26.3. The van der Waals surface area contributed by atoms with Gasteiger partial charge < -0.3 is 9.31 Å². The van der Waals surface area contributed by atoms with Gasteiger partial charge in [0.25, 0.3) is 0 Å². The summed E-state index contributed by atoms with van der Waals surface area (Å²) in [6, 6.07) is 36.4. The molecule has 8 rings (SSSR count). The van der Waals surface area contributed by atoms with Gasteiger partial charge in [0, 0.05) is 5.39 Å². The summed E-state index contributed by atoms with van der Waals surface area (Å²) in [5, 5.41) is 16.8. The number of hydrogen-bond acceptors (Lipinski definition) is 5. The first kappa shape index (κ1) is 28.2. The van der Waals surface area contributed by atoms with E-state index in [9.17, 15) is 5.26 Å². The van der Waals surface area contributed by atoms with E-state index in [1.807, 2.05) is 24.4 Å². The van der Waals surface area contributed by atoms with Gasteiger partial charge in [-0.05, 0) is 81.5 Å². The fourth-order valence-corrected chi connectivity index (χ4v) is 7.67. The van der Waals surface area contributed by atoms with Crippen LogP contribution in [0.3, 0.4) is 0 Å². The van der Waals surface area contributed by atoms with Crippen molar-refractivity contribution in [1.29, 1.82) is 5.26 Å². The second-order valence-corrected chi connectivity index (χ2v) is 14.3. The molecule has 0 unspecified atom stereocenters. The average Bonchev–Trinajstić information content (AvgIpc) is 3.69. The molecule has 2 saturated carbocycles. The minimum atomic E-state index is -0.839. The molecule has 0 amide bonds. The zero-order chi connectivity index (χ0) is 31.1. The molecular weight excluding hydrogens is 555 g/mol. The highest BCUT2D eigenvalue weighted by atomic mass is 16.7. The van der Waals surface area contributed by atoms with Gasteiger partial charge in [-0.2, -0.15) is 10.4 Å². The fraction of sp³-hybridized carbons (Fsp3) is 0.342. The maximum Gasteiger partial charge on any atom is 0.517 e. The zero-order valence-electron chi connectivity index (χ0n) is 26.3. The molecule has 1 aliphatic heterocycles. The molecule has 1 saturated heterocycles. The van der Waals surface area contributed by atoms with Crippen molar-refractivity contribution < 1.29 is 9.31 Å². The molecule has 5 aromatic rings. The largest absolute Gasteiger partial charge is 0.517 e. The van der Waals surface area contributed by atoms with E-state index in [2.05, 4.69) is 117 Å². The van der Waals surface area contributed by atoms with E-state index in [1.165, 1.54) is 12.8 Å². The molecule has 6 nitrogen and oxygen atoms in total. The Bertz CT molecular complexity index is 1820. The van der Waals surface area contributed by atoms with E-state index < -0.39 is 29.3 Å². The first-order valence-corrected chi connectivity index (χ1v) is 16.0. The minimum absolute atomic E-state index is 0.341. The van der Waals surface area contributed by atoms with Gasteiger partial charge in [-0.3, -0.25) is 4.98 Å². The molecule has 2 aliphatic carbocycles. The minimum Gasteiger partial charge on any atom is -0.398 e. The summed E-state index contributed by atoms with van der Waals surface area (Å²) in [4.78, 5) is 5.05. The predicted octanol–water partition coefficient (Wildman–Crippen LogP) is 6.91. The van der Waals surface area contributed by atoms with Crippen LogP contribution in [0, 0.1) is 16.7 Å². The molecule has 3 aromatic carbocycles. The van der Waals surface area contributed by atoms with Crippen molar-refractivity contribution in [3.8, 4) is 6.07 Å². The lowest BCUT2D eigenvalue weighted by Crippen LogP contribution is -2.42. The fourth-order valence-electron chi connectivity index (χ4n) is 7.67. The van der Waals surface area contributed by atoms with Gasteiger partial charge in [-0.25, -0.2) is 4.68 Å². The van der Waals surface area contributed by atoms with E-state index in [-0.39, 0.29) is 0 Å². The van der Waals surface area contributed by atoms with Crippen LogP contribution >= 0.6 is 0 Å². The Morgan fingerprint density at radius 2 is 1.27 bits per heavy atom. The number of pyridine rings is 1. The summed E-state index contributed by atoms with van der Waals surface area (Å²) in [5.41, 5.74) is 3.42. The van der Waals surface area contributed by atoms with Crippen LogP contribution in [0.4, 0.5) is 0 Å². The number of benzene rings is 3. The molecule has 0 N–H and O–H groups in total. The van der Waals surface area contributed by atoms with Crippen LogP contribution < -0.4 is 5.59 Å². The highest BCUT2D eigenvalue weighted by Crippen LogP contribution is 2.68. The Labute approximate surface area is 265 Å². The summed E-state index contributed by atoms with van der Waals surface area (Å²) < 4.78 is 15.4. The van der Waals surface area contributed by atoms with Crippen LogP contribution in [0.5, 0.6) is 0 Å². The summed E-state index contributed by atoms with van der Waals surface area (Å²) in [7, 11) is -0.691. The molecule has 2 aromatic heterocycles. The Kier molecular flexibility index (Phi) is 6.04. The molecule has 1 spiro atoms. The molecule has 0 bridgehead atoms. The standard InChI is InChI=1S/C38H37BN4O2/c1-34(2)35(3,4)45-39(44-34)33-30-22-32(37(26-40)24-36(25-37)20-21-36)41-23-31(30)43(42-33)38(27-14-8-5-9-15-27,28-16-10-6-11-17-28)29-18-12-7-13-19-29/h5-19,22-23H,20-21,24-25H2,1-4H3. The van der Waals surface area contributed by atoms with E-state index in [4.69, 9.17) is 19.4 Å². The summed E-state index contributed by atoms with van der Waals surface area (Å²) in [6.07, 6.45) is 6.09. The van der Waals surface area contributed by atoms with Gasteiger partial charge in [0.05, 0.1) is 34.7 Å². The first-order valence-electron chi connectivity index (χ1n) is 16.0. The van der Waals surface area contributed by atoms with Gasteiger partial charge >= 0.3 is 7.12 Å². The van der Waals surface area contributed by atoms with Crippen molar-refractivity contribution in [2.45, 2.75) is 75.5 Å².